The van der Waals surface area contributed by atoms with Crippen molar-refractivity contribution in [2.45, 2.75) is 32.4 Å². The standard InChI is InChI=1S/C22H22N2O3/c1-15(20-13-17-7-2-3-9-19(17)27-20)23-22(26)18-8-4-6-16(12-18)14-24-11-5-10-21(24)25/h2-4,6-9,12-13,15H,5,10-11,14H2,1H3,(H,23,26)/t15-/m1/s1. The first-order valence-electron chi connectivity index (χ1n) is 9.26. The van der Waals surface area contributed by atoms with Crippen LogP contribution < -0.4 is 5.32 Å². The largest absolute Gasteiger partial charge is 0.459 e. The number of nitrogens with one attached hydrogen (secondary N) is 1. The Labute approximate surface area is 158 Å². The number of likely N-dealkylation sites (tertiary alicyclic amines) is 1. The first-order chi connectivity index (χ1) is 13.1. The lowest BCUT2D eigenvalue weighted by atomic mass is 10.1. The molecule has 1 aliphatic rings. The van der Waals surface area contributed by atoms with Crippen molar-refractivity contribution in [1.82, 2.24) is 10.2 Å². The SMILES string of the molecule is C[C@@H](NC(=O)c1cccc(CN2CCCC2=O)c1)c1cc2ccccc2o1. The van der Waals surface area contributed by atoms with Gasteiger partial charge in [-0.1, -0.05) is 30.3 Å². The van der Waals surface area contributed by atoms with Crippen molar-refractivity contribution in [3.8, 4) is 0 Å². The van der Waals surface area contributed by atoms with Crippen LogP contribution in [0.3, 0.4) is 0 Å². The van der Waals surface area contributed by atoms with Crippen molar-refractivity contribution in [2.24, 2.45) is 0 Å². The molecular weight excluding hydrogens is 340 g/mol. The fraction of sp³-hybridized carbons (Fsp3) is 0.273. The van der Waals surface area contributed by atoms with Crippen LogP contribution in [-0.4, -0.2) is 23.3 Å². The van der Waals surface area contributed by atoms with Gasteiger partial charge in [-0.2, -0.15) is 0 Å². The normalized spacial score (nSPS) is 15.3. The molecule has 138 valence electrons. The van der Waals surface area contributed by atoms with Crippen molar-refractivity contribution < 1.29 is 14.0 Å². The Balaban J connectivity index is 1.45. The third-order valence-corrected chi connectivity index (χ3v) is 4.95. The second-order valence-corrected chi connectivity index (χ2v) is 7.00. The third kappa shape index (κ3) is 3.72. The number of carbonyl (C=O) groups is 2. The van der Waals surface area contributed by atoms with Gasteiger partial charge in [-0.05, 0) is 43.2 Å². The zero-order chi connectivity index (χ0) is 18.8. The summed E-state index contributed by atoms with van der Waals surface area (Å²) in [6.45, 7) is 3.25. The van der Waals surface area contributed by atoms with Crippen LogP contribution in [0.5, 0.6) is 0 Å². The Morgan fingerprint density at radius 2 is 2.04 bits per heavy atom. The summed E-state index contributed by atoms with van der Waals surface area (Å²) in [5.41, 5.74) is 2.36. The summed E-state index contributed by atoms with van der Waals surface area (Å²) in [5.74, 6) is 0.754. The maximum Gasteiger partial charge on any atom is 0.251 e. The van der Waals surface area contributed by atoms with Crippen molar-refractivity contribution in [1.29, 1.82) is 0 Å². The molecule has 2 heterocycles. The second kappa shape index (κ2) is 7.27. The van der Waals surface area contributed by atoms with Gasteiger partial charge < -0.3 is 14.6 Å². The van der Waals surface area contributed by atoms with E-state index in [0.717, 1.165) is 35.3 Å². The molecule has 1 saturated heterocycles. The van der Waals surface area contributed by atoms with Crippen LogP contribution in [0.15, 0.2) is 59.0 Å². The molecule has 0 aliphatic carbocycles. The summed E-state index contributed by atoms with van der Waals surface area (Å²) in [4.78, 5) is 26.3. The molecule has 1 atom stereocenters. The molecule has 1 aromatic heterocycles. The average molecular weight is 362 g/mol. The Morgan fingerprint density at radius 3 is 2.81 bits per heavy atom. The lowest BCUT2D eigenvalue weighted by Gasteiger charge is -2.16. The van der Waals surface area contributed by atoms with E-state index in [4.69, 9.17) is 4.42 Å². The monoisotopic (exact) mass is 362 g/mol. The van der Waals surface area contributed by atoms with Gasteiger partial charge in [0.05, 0.1) is 6.04 Å². The fourth-order valence-electron chi connectivity index (χ4n) is 3.47. The predicted molar refractivity (Wildman–Crippen MR) is 103 cm³/mol. The molecule has 0 unspecified atom stereocenters. The minimum atomic E-state index is -0.242. The highest BCUT2D eigenvalue weighted by molar-refractivity contribution is 5.94. The molecular formula is C22H22N2O3. The van der Waals surface area contributed by atoms with E-state index < -0.39 is 0 Å². The van der Waals surface area contributed by atoms with E-state index >= 15 is 0 Å². The summed E-state index contributed by atoms with van der Waals surface area (Å²) < 4.78 is 5.83. The summed E-state index contributed by atoms with van der Waals surface area (Å²) in [6.07, 6.45) is 1.53. The maximum absolute atomic E-state index is 12.7. The van der Waals surface area contributed by atoms with Crippen LogP contribution in [0.1, 0.15) is 47.5 Å². The fourth-order valence-corrected chi connectivity index (χ4v) is 3.47. The lowest BCUT2D eigenvalue weighted by molar-refractivity contribution is -0.128. The van der Waals surface area contributed by atoms with Crippen LogP contribution in [0.4, 0.5) is 0 Å². The summed E-state index contributed by atoms with van der Waals surface area (Å²) in [5, 5.41) is 4.01. The lowest BCUT2D eigenvalue weighted by Crippen LogP contribution is -2.27. The van der Waals surface area contributed by atoms with Crippen molar-refractivity contribution in [2.75, 3.05) is 6.54 Å². The van der Waals surface area contributed by atoms with Gasteiger partial charge in [0.1, 0.15) is 11.3 Å². The number of hydrogen-bond acceptors (Lipinski definition) is 3. The second-order valence-electron chi connectivity index (χ2n) is 7.00. The Hall–Kier alpha value is -3.08. The number of rotatable bonds is 5. The summed E-state index contributed by atoms with van der Waals surface area (Å²) in [7, 11) is 0. The molecule has 2 amide bonds. The van der Waals surface area contributed by atoms with Crippen LogP contribution in [0.25, 0.3) is 11.0 Å². The summed E-state index contributed by atoms with van der Waals surface area (Å²) >= 11 is 0. The van der Waals surface area contributed by atoms with Gasteiger partial charge in [0.2, 0.25) is 5.91 Å². The molecule has 2 aromatic carbocycles. The first kappa shape index (κ1) is 17.3. The van der Waals surface area contributed by atoms with Crippen LogP contribution >= 0.6 is 0 Å². The molecule has 4 rings (SSSR count). The van der Waals surface area contributed by atoms with Gasteiger partial charge in [-0.3, -0.25) is 9.59 Å². The highest BCUT2D eigenvalue weighted by atomic mass is 16.3. The maximum atomic E-state index is 12.7. The molecule has 1 fully saturated rings. The number of hydrogen-bond donors (Lipinski definition) is 1. The van der Waals surface area contributed by atoms with Crippen LogP contribution in [-0.2, 0) is 11.3 Å². The molecule has 5 heteroatoms. The summed E-state index contributed by atoms with van der Waals surface area (Å²) in [6, 6.07) is 16.9. The number of benzene rings is 2. The number of fused-ring (bicyclic) bond motifs is 1. The predicted octanol–water partition coefficient (Wildman–Crippen LogP) is 4.05. The Bertz CT molecular complexity index is 959. The molecule has 1 N–H and O–H groups in total. The third-order valence-electron chi connectivity index (χ3n) is 4.95. The Kier molecular flexibility index (Phi) is 4.67. The molecule has 0 spiro atoms. The molecule has 27 heavy (non-hydrogen) atoms. The molecule has 0 bridgehead atoms. The average Bonchev–Trinajstić information content (AvgIpc) is 3.28. The van der Waals surface area contributed by atoms with Crippen molar-refractivity contribution in [3.63, 3.8) is 0 Å². The first-order valence-corrected chi connectivity index (χ1v) is 9.26. The van der Waals surface area contributed by atoms with E-state index in [2.05, 4.69) is 5.32 Å². The highest BCUT2D eigenvalue weighted by Crippen LogP contribution is 2.24. The quantitative estimate of drug-likeness (QED) is 0.745. The minimum Gasteiger partial charge on any atom is -0.459 e. The highest BCUT2D eigenvalue weighted by Gasteiger charge is 2.21. The molecule has 0 radical (unpaired) electrons. The number of amides is 2. The van der Waals surface area contributed by atoms with Gasteiger partial charge in [-0.15, -0.1) is 0 Å². The van der Waals surface area contributed by atoms with Crippen molar-refractivity contribution >= 4 is 22.8 Å². The van der Waals surface area contributed by atoms with Gasteiger partial charge in [-0.25, -0.2) is 0 Å². The number of nitrogens with zero attached hydrogens (tertiary/aromatic N) is 1. The van der Waals surface area contributed by atoms with E-state index in [0.29, 0.717) is 18.5 Å². The molecule has 0 saturated carbocycles. The number of furan rings is 1. The topological polar surface area (TPSA) is 62.6 Å². The van der Waals surface area contributed by atoms with Gasteiger partial charge in [0, 0.05) is 30.5 Å². The van der Waals surface area contributed by atoms with Gasteiger partial charge in [0.25, 0.3) is 5.91 Å². The smallest absolute Gasteiger partial charge is 0.251 e. The van der Waals surface area contributed by atoms with Gasteiger partial charge in [0.15, 0.2) is 0 Å². The zero-order valence-electron chi connectivity index (χ0n) is 15.3. The van der Waals surface area contributed by atoms with Gasteiger partial charge >= 0.3 is 0 Å². The molecule has 3 aromatic rings. The zero-order valence-corrected chi connectivity index (χ0v) is 15.3. The van der Waals surface area contributed by atoms with E-state index in [9.17, 15) is 9.59 Å². The van der Waals surface area contributed by atoms with E-state index in [1.54, 1.807) is 6.07 Å². The number of carbonyl (C=O) groups excluding carboxylic acids is 2. The molecule has 5 nitrogen and oxygen atoms in total. The number of para-hydroxylation sites is 1. The van der Waals surface area contributed by atoms with Crippen LogP contribution in [0.2, 0.25) is 0 Å². The minimum absolute atomic E-state index is 0.155. The van der Waals surface area contributed by atoms with E-state index in [1.165, 1.54) is 0 Å². The van der Waals surface area contributed by atoms with E-state index in [-0.39, 0.29) is 17.9 Å². The Morgan fingerprint density at radius 1 is 1.19 bits per heavy atom. The van der Waals surface area contributed by atoms with E-state index in [1.807, 2.05) is 60.4 Å². The molecule has 1 aliphatic heterocycles. The van der Waals surface area contributed by atoms with Crippen LogP contribution in [0, 0.1) is 0 Å². The van der Waals surface area contributed by atoms with Crippen molar-refractivity contribution in [3.05, 3.63) is 71.5 Å².